The van der Waals surface area contributed by atoms with Crippen molar-refractivity contribution in [3.8, 4) is 0 Å². The molecule has 3 aromatic carbocycles. The molecule has 0 unspecified atom stereocenters. The number of hydrazine groups is 1. The SMILES string of the molecule is O=C(CC(c1ccccc1)c1ccccc1)NNc1ccc(Br)cc1. The molecule has 4 heteroatoms. The first kappa shape index (κ1) is 17.2. The summed E-state index contributed by atoms with van der Waals surface area (Å²) >= 11 is 3.39. The van der Waals surface area contributed by atoms with E-state index in [4.69, 9.17) is 0 Å². The molecule has 0 aliphatic carbocycles. The summed E-state index contributed by atoms with van der Waals surface area (Å²) in [5, 5.41) is 0. The third-order valence-corrected chi connectivity index (χ3v) is 4.51. The van der Waals surface area contributed by atoms with Crippen LogP contribution in [0.15, 0.2) is 89.4 Å². The highest BCUT2D eigenvalue weighted by atomic mass is 79.9. The summed E-state index contributed by atoms with van der Waals surface area (Å²) in [6.07, 6.45) is 0.373. The monoisotopic (exact) mass is 394 g/mol. The van der Waals surface area contributed by atoms with E-state index in [2.05, 4.69) is 51.0 Å². The van der Waals surface area contributed by atoms with Crippen molar-refractivity contribution in [1.82, 2.24) is 5.43 Å². The number of hydrogen-bond acceptors (Lipinski definition) is 2. The Kier molecular flexibility index (Phi) is 5.86. The smallest absolute Gasteiger partial charge is 0.239 e. The van der Waals surface area contributed by atoms with Crippen LogP contribution in [0.1, 0.15) is 23.5 Å². The Labute approximate surface area is 156 Å². The summed E-state index contributed by atoms with van der Waals surface area (Å²) < 4.78 is 0.998. The van der Waals surface area contributed by atoms with Crippen molar-refractivity contribution >= 4 is 27.5 Å². The summed E-state index contributed by atoms with van der Waals surface area (Å²) in [5.41, 5.74) is 8.85. The lowest BCUT2D eigenvalue weighted by atomic mass is 9.88. The topological polar surface area (TPSA) is 41.1 Å². The second-order valence-corrected chi connectivity index (χ2v) is 6.67. The van der Waals surface area contributed by atoms with Gasteiger partial charge in [-0.2, -0.15) is 0 Å². The van der Waals surface area contributed by atoms with Crippen molar-refractivity contribution in [1.29, 1.82) is 0 Å². The number of benzene rings is 3. The molecular weight excluding hydrogens is 376 g/mol. The highest BCUT2D eigenvalue weighted by Crippen LogP contribution is 2.27. The molecular formula is C21H19BrN2O. The average Bonchev–Trinajstić information content (AvgIpc) is 2.67. The second-order valence-electron chi connectivity index (χ2n) is 5.76. The Hall–Kier alpha value is -2.59. The Morgan fingerprint density at radius 3 is 1.84 bits per heavy atom. The molecule has 3 rings (SSSR count). The number of anilines is 1. The molecule has 3 nitrogen and oxygen atoms in total. The number of carbonyl (C=O) groups is 1. The van der Waals surface area contributed by atoms with Gasteiger partial charge in [0, 0.05) is 16.8 Å². The van der Waals surface area contributed by atoms with Crippen molar-refractivity contribution in [3.05, 3.63) is 101 Å². The van der Waals surface area contributed by atoms with Crippen LogP contribution < -0.4 is 10.9 Å². The van der Waals surface area contributed by atoms with E-state index in [0.29, 0.717) is 6.42 Å². The Morgan fingerprint density at radius 2 is 1.32 bits per heavy atom. The first-order valence-corrected chi connectivity index (χ1v) is 8.92. The van der Waals surface area contributed by atoms with Gasteiger partial charge < -0.3 is 0 Å². The van der Waals surface area contributed by atoms with Crippen LogP contribution in [0.4, 0.5) is 5.69 Å². The van der Waals surface area contributed by atoms with Crippen LogP contribution in [-0.2, 0) is 4.79 Å². The number of amides is 1. The summed E-state index contributed by atoms with van der Waals surface area (Å²) in [6.45, 7) is 0. The van der Waals surface area contributed by atoms with Crippen LogP contribution in [0.3, 0.4) is 0 Å². The molecule has 0 aromatic heterocycles. The van der Waals surface area contributed by atoms with E-state index in [1.807, 2.05) is 60.7 Å². The van der Waals surface area contributed by atoms with Crippen molar-refractivity contribution in [2.24, 2.45) is 0 Å². The predicted molar refractivity (Wildman–Crippen MR) is 105 cm³/mol. The van der Waals surface area contributed by atoms with E-state index < -0.39 is 0 Å². The van der Waals surface area contributed by atoms with Gasteiger partial charge in [0.1, 0.15) is 0 Å². The van der Waals surface area contributed by atoms with Crippen LogP contribution in [-0.4, -0.2) is 5.91 Å². The minimum absolute atomic E-state index is 0.0223. The van der Waals surface area contributed by atoms with E-state index >= 15 is 0 Å². The Bertz CT molecular complexity index is 765. The number of nitrogens with one attached hydrogen (secondary N) is 2. The lowest BCUT2D eigenvalue weighted by Crippen LogP contribution is -2.30. The van der Waals surface area contributed by atoms with E-state index in [1.165, 1.54) is 0 Å². The average molecular weight is 395 g/mol. The maximum Gasteiger partial charge on any atom is 0.239 e. The van der Waals surface area contributed by atoms with E-state index in [0.717, 1.165) is 21.3 Å². The van der Waals surface area contributed by atoms with Gasteiger partial charge >= 0.3 is 0 Å². The summed E-state index contributed by atoms with van der Waals surface area (Å²) in [7, 11) is 0. The molecule has 0 saturated heterocycles. The molecule has 126 valence electrons. The normalized spacial score (nSPS) is 10.5. The van der Waals surface area contributed by atoms with Crippen LogP contribution in [0.2, 0.25) is 0 Å². The molecule has 1 amide bonds. The van der Waals surface area contributed by atoms with Gasteiger partial charge in [0.05, 0.1) is 5.69 Å². The summed E-state index contributed by atoms with van der Waals surface area (Å²) in [5.74, 6) is -0.0326. The quantitative estimate of drug-likeness (QED) is 0.570. The number of halogens is 1. The zero-order chi connectivity index (χ0) is 17.5. The van der Waals surface area contributed by atoms with Gasteiger partial charge in [0.2, 0.25) is 5.91 Å². The largest absolute Gasteiger partial charge is 0.299 e. The van der Waals surface area contributed by atoms with Gasteiger partial charge in [0.15, 0.2) is 0 Å². The lowest BCUT2D eigenvalue weighted by molar-refractivity contribution is -0.120. The molecule has 0 radical (unpaired) electrons. The highest BCUT2D eigenvalue weighted by Gasteiger charge is 2.17. The number of carbonyl (C=O) groups excluding carboxylic acids is 1. The fourth-order valence-corrected chi connectivity index (χ4v) is 2.97. The Morgan fingerprint density at radius 1 is 0.800 bits per heavy atom. The molecule has 2 N–H and O–H groups in total. The van der Waals surface area contributed by atoms with E-state index in [9.17, 15) is 4.79 Å². The standard InChI is InChI=1S/C21H19BrN2O/c22-18-11-13-19(14-12-18)23-24-21(25)15-20(16-7-3-1-4-8-16)17-9-5-2-6-10-17/h1-14,20,23H,15H2,(H,24,25). The molecule has 0 atom stereocenters. The minimum atomic E-state index is -0.0550. The van der Waals surface area contributed by atoms with Crippen molar-refractivity contribution in [2.75, 3.05) is 5.43 Å². The second kappa shape index (κ2) is 8.49. The zero-order valence-electron chi connectivity index (χ0n) is 13.7. The molecule has 0 aliphatic rings. The maximum atomic E-state index is 12.5. The number of hydrogen-bond donors (Lipinski definition) is 2. The van der Waals surface area contributed by atoms with Gasteiger partial charge in [0.25, 0.3) is 0 Å². The van der Waals surface area contributed by atoms with Crippen molar-refractivity contribution < 1.29 is 4.79 Å². The molecule has 0 fully saturated rings. The third-order valence-electron chi connectivity index (χ3n) is 3.98. The van der Waals surface area contributed by atoms with Crippen molar-refractivity contribution in [3.63, 3.8) is 0 Å². The highest BCUT2D eigenvalue weighted by molar-refractivity contribution is 9.10. The predicted octanol–water partition coefficient (Wildman–Crippen LogP) is 5.11. The van der Waals surface area contributed by atoms with Crippen LogP contribution in [0.5, 0.6) is 0 Å². The fraction of sp³-hybridized carbons (Fsp3) is 0.0952. The fourth-order valence-electron chi connectivity index (χ4n) is 2.71. The minimum Gasteiger partial charge on any atom is -0.299 e. The van der Waals surface area contributed by atoms with Crippen LogP contribution >= 0.6 is 15.9 Å². The molecule has 0 bridgehead atoms. The van der Waals surface area contributed by atoms with E-state index in [-0.39, 0.29) is 11.8 Å². The number of rotatable bonds is 6. The van der Waals surface area contributed by atoms with Gasteiger partial charge in [-0.05, 0) is 35.4 Å². The van der Waals surface area contributed by atoms with Crippen LogP contribution in [0, 0.1) is 0 Å². The first-order chi connectivity index (χ1) is 12.2. The molecule has 0 saturated carbocycles. The van der Waals surface area contributed by atoms with Gasteiger partial charge in [-0.25, -0.2) is 0 Å². The summed E-state index contributed by atoms with van der Waals surface area (Å²) in [4.78, 5) is 12.5. The van der Waals surface area contributed by atoms with Crippen molar-refractivity contribution in [2.45, 2.75) is 12.3 Å². The summed E-state index contributed by atoms with van der Waals surface area (Å²) in [6, 6.07) is 27.9. The zero-order valence-corrected chi connectivity index (χ0v) is 15.2. The van der Waals surface area contributed by atoms with Gasteiger partial charge in [-0.1, -0.05) is 76.6 Å². The van der Waals surface area contributed by atoms with Gasteiger partial charge in [-0.15, -0.1) is 0 Å². The maximum absolute atomic E-state index is 12.5. The van der Waals surface area contributed by atoms with Crippen LogP contribution in [0.25, 0.3) is 0 Å². The molecule has 0 aliphatic heterocycles. The molecule has 3 aromatic rings. The lowest BCUT2D eigenvalue weighted by Gasteiger charge is -2.18. The van der Waals surface area contributed by atoms with E-state index in [1.54, 1.807) is 0 Å². The molecule has 0 heterocycles. The first-order valence-electron chi connectivity index (χ1n) is 8.12. The van der Waals surface area contributed by atoms with Gasteiger partial charge in [-0.3, -0.25) is 15.6 Å². The molecule has 25 heavy (non-hydrogen) atoms. The molecule has 0 spiro atoms. The third kappa shape index (κ3) is 4.94. The Balaban J connectivity index is 1.69.